The van der Waals surface area contributed by atoms with E-state index >= 15 is 0 Å². The normalized spacial score (nSPS) is 11.0. The van der Waals surface area contributed by atoms with Gasteiger partial charge in [-0.05, 0) is 18.2 Å². The van der Waals surface area contributed by atoms with Gasteiger partial charge in [0.1, 0.15) is 22.3 Å². The topological polar surface area (TPSA) is 79.3 Å². The second kappa shape index (κ2) is 6.78. The maximum absolute atomic E-state index is 13.9. The molecule has 0 aliphatic heterocycles. The third-order valence-corrected chi connectivity index (χ3v) is 4.64. The maximum Gasteiger partial charge on any atom is 0.243 e. The van der Waals surface area contributed by atoms with Gasteiger partial charge in [-0.3, -0.25) is 0 Å². The molecule has 0 radical (unpaired) electrons. The summed E-state index contributed by atoms with van der Waals surface area (Å²) in [6.45, 7) is -0.345. The molecule has 0 aliphatic carbocycles. The number of hydrogen-bond donors (Lipinski definition) is 2. The Hall–Kier alpha value is -1.79. The summed E-state index contributed by atoms with van der Waals surface area (Å²) in [6, 6.07) is 3.53. The molecule has 21 heavy (non-hydrogen) atoms. The highest BCUT2D eigenvalue weighted by Gasteiger charge is 2.19. The van der Waals surface area contributed by atoms with E-state index in [0.717, 1.165) is 12.1 Å². The molecular formula is C13H11FN2O3S2. The predicted molar refractivity (Wildman–Crippen MR) is 76.5 cm³/mol. The lowest BCUT2D eigenvalue weighted by atomic mass is 10.2. The molecule has 0 saturated carbocycles. The van der Waals surface area contributed by atoms with E-state index in [-0.39, 0.29) is 13.2 Å². The first-order valence-corrected chi connectivity index (χ1v) is 8.16. The summed E-state index contributed by atoms with van der Waals surface area (Å²) < 4.78 is 40.2. The van der Waals surface area contributed by atoms with Crippen molar-refractivity contribution in [3.63, 3.8) is 0 Å². The van der Waals surface area contributed by atoms with Gasteiger partial charge in [-0.25, -0.2) is 22.5 Å². The molecule has 0 bridgehead atoms. The quantitative estimate of drug-likeness (QED) is 0.825. The zero-order valence-electron chi connectivity index (χ0n) is 10.7. The monoisotopic (exact) mass is 326 g/mol. The van der Waals surface area contributed by atoms with Gasteiger partial charge in [-0.2, -0.15) is 0 Å². The summed E-state index contributed by atoms with van der Waals surface area (Å²) in [5.74, 6) is 3.97. The Bertz CT molecular complexity index is 777. The third-order valence-electron chi connectivity index (χ3n) is 2.43. The molecule has 0 atom stereocenters. The Labute approximate surface area is 125 Å². The van der Waals surface area contributed by atoms with Crippen molar-refractivity contribution in [2.75, 3.05) is 6.61 Å². The third kappa shape index (κ3) is 4.09. The van der Waals surface area contributed by atoms with Crippen LogP contribution in [0.1, 0.15) is 10.6 Å². The van der Waals surface area contributed by atoms with Gasteiger partial charge in [0.15, 0.2) is 0 Å². The highest BCUT2D eigenvalue weighted by atomic mass is 32.2. The number of thiazole rings is 1. The standard InChI is InChI=1S/C13H11FN2O3S2/c14-11-8-10(2-1-6-17)3-4-12(11)21(18,19)16-9-13-15-5-7-20-13/h3-5,7-8,16-17H,6,9H2. The molecule has 2 N–H and O–H groups in total. The second-order valence-electron chi connectivity index (χ2n) is 3.86. The molecule has 0 amide bonds. The summed E-state index contributed by atoms with van der Waals surface area (Å²) >= 11 is 1.30. The SMILES string of the molecule is O=S(=O)(NCc1nccs1)c1ccc(C#CCO)cc1F. The molecule has 0 aliphatic rings. The molecule has 2 aromatic rings. The van der Waals surface area contributed by atoms with Gasteiger partial charge in [0.05, 0.1) is 6.54 Å². The van der Waals surface area contributed by atoms with Crippen molar-refractivity contribution in [3.8, 4) is 11.8 Å². The van der Waals surface area contributed by atoms with Gasteiger partial charge in [0, 0.05) is 17.1 Å². The lowest BCUT2D eigenvalue weighted by Gasteiger charge is -2.06. The number of nitrogens with zero attached hydrogens (tertiary/aromatic N) is 1. The average molecular weight is 326 g/mol. The van der Waals surface area contributed by atoms with Crippen molar-refractivity contribution in [1.29, 1.82) is 0 Å². The summed E-state index contributed by atoms with van der Waals surface area (Å²) in [5.41, 5.74) is 0.292. The van der Waals surface area contributed by atoms with Gasteiger partial charge in [-0.15, -0.1) is 11.3 Å². The van der Waals surface area contributed by atoms with Gasteiger partial charge in [-0.1, -0.05) is 11.8 Å². The molecule has 1 aromatic carbocycles. The van der Waals surface area contributed by atoms with E-state index in [4.69, 9.17) is 5.11 Å². The van der Waals surface area contributed by atoms with Crippen LogP contribution in [0.5, 0.6) is 0 Å². The first-order chi connectivity index (χ1) is 10.0. The van der Waals surface area contributed by atoms with Crippen LogP contribution in [0, 0.1) is 17.7 Å². The fraction of sp³-hybridized carbons (Fsp3) is 0.154. The van der Waals surface area contributed by atoms with Crippen LogP contribution in [0.4, 0.5) is 4.39 Å². The first kappa shape index (κ1) is 15.6. The molecule has 5 nitrogen and oxygen atoms in total. The lowest BCUT2D eigenvalue weighted by Crippen LogP contribution is -2.24. The molecule has 110 valence electrons. The molecule has 0 saturated heterocycles. The molecule has 1 aromatic heterocycles. The fourth-order valence-corrected chi connectivity index (χ4v) is 3.21. The van der Waals surface area contributed by atoms with Crippen molar-refractivity contribution in [3.05, 3.63) is 46.2 Å². The number of aliphatic hydroxyl groups is 1. The van der Waals surface area contributed by atoms with Crippen LogP contribution in [0.2, 0.25) is 0 Å². The van der Waals surface area contributed by atoms with E-state index < -0.39 is 20.7 Å². The summed E-state index contributed by atoms with van der Waals surface area (Å²) in [6.07, 6.45) is 1.56. The van der Waals surface area contributed by atoms with Gasteiger partial charge < -0.3 is 5.11 Å². The molecule has 0 spiro atoms. The Kier molecular flexibility index (Phi) is 5.03. The Morgan fingerprint density at radius 3 is 2.86 bits per heavy atom. The van der Waals surface area contributed by atoms with E-state index in [1.54, 1.807) is 11.6 Å². The number of sulfonamides is 1. The minimum absolute atomic E-state index is 0.00547. The summed E-state index contributed by atoms with van der Waals surface area (Å²) in [4.78, 5) is 3.49. The zero-order valence-corrected chi connectivity index (χ0v) is 12.3. The second-order valence-corrected chi connectivity index (χ2v) is 6.57. The van der Waals surface area contributed by atoms with Crippen LogP contribution >= 0.6 is 11.3 Å². The van der Waals surface area contributed by atoms with Gasteiger partial charge >= 0.3 is 0 Å². The molecule has 0 fully saturated rings. The van der Waals surface area contributed by atoms with Crippen LogP contribution in [-0.2, 0) is 16.6 Å². The van der Waals surface area contributed by atoms with Crippen molar-refractivity contribution >= 4 is 21.4 Å². The zero-order chi connectivity index (χ0) is 15.3. The van der Waals surface area contributed by atoms with Crippen molar-refractivity contribution in [2.45, 2.75) is 11.4 Å². The molecule has 2 rings (SSSR count). The number of nitrogens with one attached hydrogen (secondary N) is 1. The van der Waals surface area contributed by atoms with Gasteiger partial charge in [0.25, 0.3) is 0 Å². The number of aliphatic hydroxyl groups excluding tert-OH is 1. The number of benzene rings is 1. The van der Waals surface area contributed by atoms with Crippen molar-refractivity contribution in [1.82, 2.24) is 9.71 Å². The number of rotatable bonds is 4. The largest absolute Gasteiger partial charge is 0.384 e. The molecule has 1 heterocycles. The number of halogens is 1. The smallest absolute Gasteiger partial charge is 0.243 e. The first-order valence-electron chi connectivity index (χ1n) is 5.80. The highest BCUT2D eigenvalue weighted by Crippen LogP contribution is 2.16. The maximum atomic E-state index is 13.9. The van der Waals surface area contributed by atoms with E-state index in [1.165, 1.54) is 17.4 Å². The van der Waals surface area contributed by atoms with Gasteiger partial charge in [0.2, 0.25) is 10.0 Å². The van der Waals surface area contributed by atoms with E-state index in [9.17, 15) is 12.8 Å². The van der Waals surface area contributed by atoms with Crippen LogP contribution in [0.3, 0.4) is 0 Å². The van der Waals surface area contributed by atoms with Crippen LogP contribution in [-0.4, -0.2) is 25.1 Å². The summed E-state index contributed by atoms with van der Waals surface area (Å²) in [7, 11) is -3.96. The number of hydrogen-bond acceptors (Lipinski definition) is 5. The van der Waals surface area contributed by atoms with E-state index in [1.807, 2.05) is 0 Å². The Morgan fingerprint density at radius 2 is 2.24 bits per heavy atom. The predicted octanol–water partition coefficient (Wildman–Crippen LogP) is 1.10. The van der Waals surface area contributed by atoms with Crippen molar-refractivity contribution < 1.29 is 17.9 Å². The van der Waals surface area contributed by atoms with Crippen LogP contribution in [0.25, 0.3) is 0 Å². The number of aromatic nitrogens is 1. The van der Waals surface area contributed by atoms with E-state index in [0.29, 0.717) is 10.6 Å². The minimum Gasteiger partial charge on any atom is -0.384 e. The van der Waals surface area contributed by atoms with Crippen molar-refractivity contribution in [2.24, 2.45) is 0 Å². The van der Waals surface area contributed by atoms with Crippen LogP contribution in [0.15, 0.2) is 34.7 Å². The highest BCUT2D eigenvalue weighted by molar-refractivity contribution is 7.89. The van der Waals surface area contributed by atoms with Crippen LogP contribution < -0.4 is 4.72 Å². The average Bonchev–Trinajstić information content (AvgIpc) is 2.96. The minimum atomic E-state index is -3.96. The molecule has 8 heteroatoms. The molecular weight excluding hydrogens is 315 g/mol. The molecule has 0 unspecified atom stereocenters. The Balaban J connectivity index is 2.19. The summed E-state index contributed by atoms with van der Waals surface area (Å²) in [5, 5.41) is 10.9. The fourth-order valence-electron chi connectivity index (χ4n) is 1.51. The van der Waals surface area contributed by atoms with E-state index in [2.05, 4.69) is 21.5 Å². The Morgan fingerprint density at radius 1 is 1.43 bits per heavy atom. The lowest BCUT2D eigenvalue weighted by molar-refractivity contribution is 0.350.